The maximum Gasteiger partial charge on any atom is 0.304 e. The van der Waals surface area contributed by atoms with E-state index < -0.39 is 17.9 Å². The second kappa shape index (κ2) is 17.6. The SMILES string of the molecule is COc1ccc(CCCCCCCC(CC(=O)O)C(=O)NC(Cc2c[nH]c3ccccc23)C(=O)NCCc2ccccc2)cc1. The van der Waals surface area contributed by atoms with E-state index in [1.54, 1.807) is 7.11 Å². The number of methoxy groups -OCH3 is 1. The molecule has 1 aromatic heterocycles. The number of aromatic nitrogens is 1. The van der Waals surface area contributed by atoms with Crippen molar-refractivity contribution in [1.82, 2.24) is 15.6 Å². The average molecular weight is 612 g/mol. The summed E-state index contributed by atoms with van der Waals surface area (Å²) in [6.07, 6.45) is 8.86. The molecule has 4 rings (SSSR count). The summed E-state index contributed by atoms with van der Waals surface area (Å²) in [6.45, 7) is 0.431. The number of aryl methyl sites for hydroxylation is 1. The van der Waals surface area contributed by atoms with Crippen LogP contribution >= 0.6 is 0 Å². The van der Waals surface area contributed by atoms with Gasteiger partial charge in [0.2, 0.25) is 11.8 Å². The van der Waals surface area contributed by atoms with Gasteiger partial charge in [-0.15, -0.1) is 0 Å². The number of fused-ring (bicyclic) bond motifs is 1. The van der Waals surface area contributed by atoms with E-state index in [1.165, 1.54) is 5.56 Å². The van der Waals surface area contributed by atoms with Gasteiger partial charge in [-0.25, -0.2) is 0 Å². The summed E-state index contributed by atoms with van der Waals surface area (Å²) in [6, 6.07) is 25.0. The predicted molar refractivity (Wildman–Crippen MR) is 177 cm³/mol. The van der Waals surface area contributed by atoms with Gasteiger partial charge in [0.05, 0.1) is 13.5 Å². The molecule has 45 heavy (non-hydrogen) atoms. The highest BCUT2D eigenvalue weighted by atomic mass is 16.5. The molecule has 4 N–H and O–H groups in total. The van der Waals surface area contributed by atoms with Crippen molar-refractivity contribution in [1.29, 1.82) is 0 Å². The number of carbonyl (C=O) groups is 3. The number of amides is 2. The number of unbranched alkanes of at least 4 members (excludes halogenated alkanes) is 4. The highest BCUT2D eigenvalue weighted by molar-refractivity contribution is 5.91. The zero-order chi connectivity index (χ0) is 31.9. The number of aromatic amines is 1. The molecular formula is C37H45N3O5. The van der Waals surface area contributed by atoms with Gasteiger partial charge in [-0.2, -0.15) is 0 Å². The number of aliphatic carboxylic acids is 1. The van der Waals surface area contributed by atoms with Crippen LogP contribution in [0.4, 0.5) is 0 Å². The summed E-state index contributed by atoms with van der Waals surface area (Å²) < 4.78 is 5.22. The number of H-pyrrole nitrogens is 1. The van der Waals surface area contributed by atoms with Crippen molar-refractivity contribution in [2.24, 2.45) is 5.92 Å². The summed E-state index contributed by atoms with van der Waals surface area (Å²) in [5.41, 5.74) is 4.26. The van der Waals surface area contributed by atoms with Gasteiger partial charge < -0.3 is 25.5 Å². The summed E-state index contributed by atoms with van der Waals surface area (Å²) in [7, 11) is 1.66. The Hall–Kier alpha value is -4.59. The minimum atomic E-state index is -1.02. The Balaban J connectivity index is 1.31. The van der Waals surface area contributed by atoms with Gasteiger partial charge in [0.1, 0.15) is 11.8 Å². The third kappa shape index (κ3) is 10.8. The van der Waals surface area contributed by atoms with Gasteiger partial charge in [-0.3, -0.25) is 14.4 Å². The lowest BCUT2D eigenvalue weighted by atomic mass is 9.95. The number of carboxylic acid groups (broad SMARTS) is 1. The first-order chi connectivity index (χ1) is 21.9. The number of benzene rings is 3. The van der Waals surface area contributed by atoms with Crippen molar-refractivity contribution >= 4 is 28.7 Å². The lowest BCUT2D eigenvalue weighted by Gasteiger charge is -2.22. The fourth-order valence-electron chi connectivity index (χ4n) is 5.70. The molecule has 2 atom stereocenters. The Morgan fingerprint density at radius 2 is 1.49 bits per heavy atom. The van der Waals surface area contributed by atoms with E-state index in [2.05, 4.69) is 27.8 Å². The molecular weight excluding hydrogens is 566 g/mol. The minimum absolute atomic E-state index is 0.265. The molecule has 1 heterocycles. The zero-order valence-electron chi connectivity index (χ0n) is 26.1. The fraction of sp³-hybridized carbons (Fsp3) is 0.378. The van der Waals surface area contributed by atoms with E-state index in [1.807, 2.05) is 72.9 Å². The topological polar surface area (TPSA) is 121 Å². The number of hydrogen-bond donors (Lipinski definition) is 4. The maximum atomic E-state index is 13.5. The molecule has 3 aromatic carbocycles. The number of carbonyl (C=O) groups excluding carboxylic acids is 2. The van der Waals surface area contributed by atoms with Gasteiger partial charge in [0, 0.05) is 36.0 Å². The van der Waals surface area contributed by atoms with Crippen LogP contribution in [0.1, 0.15) is 61.6 Å². The van der Waals surface area contributed by atoms with Crippen LogP contribution in [-0.4, -0.2) is 47.6 Å². The van der Waals surface area contributed by atoms with Crippen LogP contribution in [0.3, 0.4) is 0 Å². The van der Waals surface area contributed by atoms with Crippen molar-refractivity contribution in [3.8, 4) is 5.75 Å². The van der Waals surface area contributed by atoms with Gasteiger partial charge >= 0.3 is 5.97 Å². The molecule has 4 aromatic rings. The first-order valence-electron chi connectivity index (χ1n) is 15.9. The summed E-state index contributed by atoms with van der Waals surface area (Å²) in [4.78, 5) is 41.8. The van der Waals surface area contributed by atoms with Crippen molar-refractivity contribution in [3.05, 3.63) is 102 Å². The summed E-state index contributed by atoms with van der Waals surface area (Å²) in [5.74, 6) is -1.54. The van der Waals surface area contributed by atoms with Gasteiger partial charge in [0.25, 0.3) is 0 Å². The van der Waals surface area contributed by atoms with Gasteiger partial charge in [-0.05, 0) is 60.6 Å². The molecule has 0 saturated heterocycles. The number of carboxylic acids is 1. The quantitative estimate of drug-likeness (QED) is 0.0937. The number of rotatable bonds is 19. The van der Waals surface area contributed by atoms with Crippen molar-refractivity contribution < 1.29 is 24.2 Å². The Morgan fingerprint density at radius 3 is 2.24 bits per heavy atom. The molecule has 0 bridgehead atoms. The fourth-order valence-corrected chi connectivity index (χ4v) is 5.70. The van der Waals surface area contributed by atoms with E-state index in [9.17, 15) is 19.5 Å². The Kier molecular flexibility index (Phi) is 13.1. The smallest absolute Gasteiger partial charge is 0.304 e. The molecule has 8 nitrogen and oxygen atoms in total. The minimum Gasteiger partial charge on any atom is -0.497 e. The zero-order valence-corrected chi connectivity index (χ0v) is 26.1. The number of para-hydroxylation sites is 1. The van der Waals surface area contributed by atoms with Gasteiger partial charge in [0.15, 0.2) is 0 Å². The summed E-state index contributed by atoms with van der Waals surface area (Å²) in [5, 5.41) is 16.5. The highest BCUT2D eigenvalue weighted by Crippen LogP contribution is 2.21. The Labute approximate surface area is 265 Å². The molecule has 238 valence electrons. The summed E-state index contributed by atoms with van der Waals surface area (Å²) >= 11 is 0. The first-order valence-corrected chi connectivity index (χ1v) is 15.9. The normalized spacial score (nSPS) is 12.4. The number of ether oxygens (including phenoxy) is 1. The predicted octanol–water partition coefficient (Wildman–Crippen LogP) is 6.24. The van der Waals surface area contributed by atoms with E-state index in [0.29, 0.717) is 25.8 Å². The van der Waals surface area contributed by atoms with Crippen molar-refractivity contribution in [3.63, 3.8) is 0 Å². The van der Waals surface area contributed by atoms with Crippen LogP contribution in [0, 0.1) is 5.92 Å². The van der Waals surface area contributed by atoms with Crippen LogP contribution in [0.5, 0.6) is 5.75 Å². The molecule has 0 aliphatic heterocycles. The van der Waals surface area contributed by atoms with E-state index in [-0.39, 0.29) is 18.2 Å². The highest BCUT2D eigenvalue weighted by Gasteiger charge is 2.28. The lowest BCUT2D eigenvalue weighted by Crippen LogP contribution is -2.50. The van der Waals surface area contributed by atoms with Crippen LogP contribution in [-0.2, 0) is 33.6 Å². The standard InChI is InChI=1S/C37H45N3O5/c1-45-31-20-18-28(19-21-31)14-6-3-2-4-9-15-29(25-35(41)42)36(43)40-34(24-30-26-39-33-17-11-10-16-32(30)33)37(44)38-23-22-27-12-7-5-8-13-27/h5,7-8,10-13,16-21,26,29,34,39H,2-4,6,9,14-15,22-25H2,1H3,(H,38,44)(H,40,43)(H,41,42). The Morgan fingerprint density at radius 1 is 0.800 bits per heavy atom. The molecule has 0 aliphatic rings. The van der Waals surface area contributed by atoms with Crippen LogP contribution in [0.15, 0.2) is 85.1 Å². The van der Waals surface area contributed by atoms with Crippen LogP contribution < -0.4 is 15.4 Å². The largest absolute Gasteiger partial charge is 0.497 e. The van der Waals surface area contributed by atoms with E-state index in [4.69, 9.17) is 4.74 Å². The van der Waals surface area contributed by atoms with Gasteiger partial charge in [-0.1, -0.05) is 86.3 Å². The van der Waals surface area contributed by atoms with Crippen LogP contribution in [0.25, 0.3) is 10.9 Å². The lowest BCUT2D eigenvalue weighted by molar-refractivity contribution is -0.141. The van der Waals surface area contributed by atoms with E-state index in [0.717, 1.165) is 66.3 Å². The van der Waals surface area contributed by atoms with Crippen LogP contribution in [0.2, 0.25) is 0 Å². The third-order valence-electron chi connectivity index (χ3n) is 8.26. The molecule has 0 saturated carbocycles. The Bertz CT molecular complexity index is 1500. The molecule has 2 unspecified atom stereocenters. The number of hydrogen-bond acceptors (Lipinski definition) is 4. The molecule has 0 fully saturated rings. The average Bonchev–Trinajstić information content (AvgIpc) is 3.46. The second-order valence-corrected chi connectivity index (χ2v) is 11.6. The van der Waals surface area contributed by atoms with Crippen molar-refractivity contribution in [2.45, 2.75) is 70.3 Å². The van der Waals surface area contributed by atoms with E-state index >= 15 is 0 Å². The first kappa shape index (κ1) is 33.3. The second-order valence-electron chi connectivity index (χ2n) is 11.6. The monoisotopic (exact) mass is 611 g/mol. The molecule has 2 amide bonds. The maximum absolute atomic E-state index is 13.5. The van der Waals surface area contributed by atoms with Crippen molar-refractivity contribution in [2.75, 3.05) is 13.7 Å². The molecule has 0 spiro atoms. The molecule has 0 radical (unpaired) electrons. The number of nitrogens with one attached hydrogen (secondary N) is 3. The third-order valence-corrected chi connectivity index (χ3v) is 8.26. The molecule has 8 heteroatoms. The molecule has 0 aliphatic carbocycles.